The van der Waals surface area contributed by atoms with Gasteiger partial charge in [0.15, 0.2) is 0 Å². The van der Waals surface area contributed by atoms with Crippen molar-refractivity contribution >= 4 is 0 Å². The third-order valence-corrected chi connectivity index (χ3v) is 3.18. The summed E-state index contributed by atoms with van der Waals surface area (Å²) >= 11 is 0. The molecule has 1 atom stereocenters. The molecular weight excluding hydrogens is 174 g/mol. The van der Waals surface area contributed by atoms with E-state index in [2.05, 4.69) is 31.0 Å². The van der Waals surface area contributed by atoms with Crippen LogP contribution in [-0.4, -0.2) is 18.5 Å². The van der Waals surface area contributed by atoms with Crippen molar-refractivity contribution in [1.29, 1.82) is 0 Å². The largest absolute Gasteiger partial charge is 0.367 e. The Balaban J connectivity index is 2.18. The summed E-state index contributed by atoms with van der Waals surface area (Å²) in [5.74, 6) is 0. The Kier molecular flexibility index (Phi) is 1.70. The molecule has 1 aromatic rings. The van der Waals surface area contributed by atoms with Crippen molar-refractivity contribution in [3.63, 3.8) is 0 Å². The van der Waals surface area contributed by atoms with Crippen molar-refractivity contribution in [3.05, 3.63) is 34.4 Å². The van der Waals surface area contributed by atoms with Crippen molar-refractivity contribution in [2.24, 2.45) is 0 Å². The maximum atomic E-state index is 5.79. The van der Waals surface area contributed by atoms with Crippen molar-refractivity contribution in [3.8, 4) is 0 Å². The zero-order valence-corrected chi connectivity index (χ0v) is 8.71. The third kappa shape index (κ3) is 1.11. The van der Waals surface area contributed by atoms with Gasteiger partial charge in [0.05, 0.1) is 12.7 Å². The summed E-state index contributed by atoms with van der Waals surface area (Å²) in [7, 11) is 2.16. The van der Waals surface area contributed by atoms with Crippen LogP contribution in [0.3, 0.4) is 0 Å². The van der Waals surface area contributed by atoms with E-state index in [1.54, 1.807) is 0 Å². The maximum Gasteiger partial charge on any atom is 0.0962 e. The van der Waals surface area contributed by atoms with Gasteiger partial charge in [0.25, 0.3) is 0 Å². The first-order chi connectivity index (χ1) is 6.74. The van der Waals surface area contributed by atoms with E-state index in [-0.39, 0.29) is 0 Å². The van der Waals surface area contributed by atoms with Crippen LogP contribution in [0.5, 0.6) is 0 Å². The standard InChI is InChI=1S/C12H15NO/c1-8-3-9-5-13(2)6-11-12(9)10(4-8)7-14-11/h3-4,11H,5-7H2,1-2H3. The van der Waals surface area contributed by atoms with Crippen LogP contribution in [0.25, 0.3) is 0 Å². The first kappa shape index (κ1) is 8.45. The van der Waals surface area contributed by atoms with Crippen molar-refractivity contribution in [2.75, 3.05) is 13.6 Å². The van der Waals surface area contributed by atoms with Gasteiger partial charge >= 0.3 is 0 Å². The van der Waals surface area contributed by atoms with Crippen molar-refractivity contribution in [2.45, 2.75) is 26.2 Å². The summed E-state index contributed by atoms with van der Waals surface area (Å²) in [5, 5.41) is 0. The topological polar surface area (TPSA) is 12.5 Å². The number of nitrogens with zero attached hydrogens (tertiary/aromatic N) is 1. The highest BCUT2D eigenvalue weighted by atomic mass is 16.5. The fourth-order valence-corrected chi connectivity index (χ4v) is 2.67. The fourth-order valence-electron chi connectivity index (χ4n) is 2.67. The summed E-state index contributed by atoms with van der Waals surface area (Å²) in [6.45, 7) is 5.09. The molecule has 0 aromatic heterocycles. The number of aryl methyl sites for hydroxylation is 1. The van der Waals surface area contributed by atoms with Gasteiger partial charge in [0, 0.05) is 13.1 Å². The molecule has 14 heavy (non-hydrogen) atoms. The number of likely N-dealkylation sites (N-methyl/N-ethyl adjacent to an activating group) is 1. The Hall–Kier alpha value is -0.860. The van der Waals surface area contributed by atoms with Crippen LogP contribution in [-0.2, 0) is 17.9 Å². The van der Waals surface area contributed by atoms with Gasteiger partial charge in [-0.15, -0.1) is 0 Å². The fraction of sp³-hybridized carbons (Fsp3) is 0.500. The summed E-state index contributed by atoms with van der Waals surface area (Å²) in [6, 6.07) is 4.57. The first-order valence-corrected chi connectivity index (χ1v) is 5.16. The van der Waals surface area contributed by atoms with Gasteiger partial charge in [-0.25, -0.2) is 0 Å². The van der Waals surface area contributed by atoms with Crippen LogP contribution in [0.15, 0.2) is 12.1 Å². The molecule has 0 radical (unpaired) electrons. The molecule has 0 saturated heterocycles. The smallest absolute Gasteiger partial charge is 0.0962 e. The van der Waals surface area contributed by atoms with E-state index < -0.39 is 0 Å². The minimum absolute atomic E-state index is 0.333. The van der Waals surface area contributed by atoms with Gasteiger partial charge in [0.1, 0.15) is 0 Å². The van der Waals surface area contributed by atoms with Gasteiger partial charge in [-0.2, -0.15) is 0 Å². The van der Waals surface area contributed by atoms with E-state index in [1.807, 2.05) is 0 Å². The lowest BCUT2D eigenvalue weighted by atomic mass is 9.93. The third-order valence-electron chi connectivity index (χ3n) is 3.18. The molecule has 2 aliphatic heterocycles. The van der Waals surface area contributed by atoms with E-state index in [0.29, 0.717) is 6.10 Å². The zero-order chi connectivity index (χ0) is 9.71. The van der Waals surface area contributed by atoms with Crippen LogP contribution in [0, 0.1) is 6.92 Å². The predicted octanol–water partition coefficient (Wildman–Crippen LogP) is 2.01. The molecule has 0 bridgehead atoms. The molecule has 2 heteroatoms. The average Bonchev–Trinajstić information content (AvgIpc) is 2.48. The number of hydrogen-bond donors (Lipinski definition) is 0. The lowest BCUT2D eigenvalue weighted by Crippen LogP contribution is -2.29. The molecule has 74 valence electrons. The lowest BCUT2D eigenvalue weighted by molar-refractivity contribution is 0.0333. The maximum absolute atomic E-state index is 5.79. The van der Waals surface area contributed by atoms with E-state index in [9.17, 15) is 0 Å². The Morgan fingerprint density at radius 3 is 3.00 bits per heavy atom. The Morgan fingerprint density at radius 2 is 2.14 bits per heavy atom. The lowest BCUT2D eigenvalue weighted by Gasteiger charge is -2.29. The van der Waals surface area contributed by atoms with Crippen molar-refractivity contribution in [1.82, 2.24) is 4.90 Å². The molecule has 2 aliphatic rings. The first-order valence-electron chi connectivity index (χ1n) is 5.16. The summed E-state index contributed by atoms with van der Waals surface area (Å²) < 4.78 is 5.79. The van der Waals surface area contributed by atoms with Crippen LogP contribution in [0.1, 0.15) is 28.4 Å². The summed E-state index contributed by atoms with van der Waals surface area (Å²) in [6.07, 6.45) is 0.333. The minimum atomic E-state index is 0.333. The van der Waals surface area contributed by atoms with E-state index in [0.717, 1.165) is 19.7 Å². The highest BCUT2D eigenvalue weighted by molar-refractivity contribution is 5.43. The molecular formula is C12H15NO. The van der Waals surface area contributed by atoms with Crippen LogP contribution < -0.4 is 0 Å². The van der Waals surface area contributed by atoms with Gasteiger partial charge in [-0.1, -0.05) is 17.7 Å². The van der Waals surface area contributed by atoms with Gasteiger partial charge in [0.2, 0.25) is 0 Å². The van der Waals surface area contributed by atoms with E-state index in [1.165, 1.54) is 22.3 Å². The second kappa shape index (κ2) is 2.81. The number of benzene rings is 1. The van der Waals surface area contributed by atoms with E-state index >= 15 is 0 Å². The van der Waals surface area contributed by atoms with Gasteiger partial charge in [-0.05, 0) is 30.7 Å². The monoisotopic (exact) mass is 189 g/mol. The van der Waals surface area contributed by atoms with Gasteiger partial charge < -0.3 is 4.74 Å². The summed E-state index contributed by atoms with van der Waals surface area (Å²) in [4.78, 5) is 2.33. The average molecular weight is 189 g/mol. The molecule has 2 heterocycles. The highest BCUT2D eigenvalue weighted by Gasteiger charge is 2.31. The molecule has 0 N–H and O–H groups in total. The SMILES string of the molecule is Cc1cc2c3c(c1)CN(C)CC3OC2. The van der Waals surface area contributed by atoms with Crippen LogP contribution >= 0.6 is 0 Å². The predicted molar refractivity (Wildman–Crippen MR) is 55.0 cm³/mol. The summed E-state index contributed by atoms with van der Waals surface area (Å²) in [5.41, 5.74) is 5.72. The van der Waals surface area contributed by atoms with E-state index in [4.69, 9.17) is 4.74 Å². The molecule has 0 fully saturated rings. The highest BCUT2D eigenvalue weighted by Crippen LogP contribution is 2.38. The molecule has 3 rings (SSSR count). The Labute approximate surface area is 84.5 Å². The minimum Gasteiger partial charge on any atom is -0.367 e. The molecule has 2 nitrogen and oxygen atoms in total. The molecule has 0 spiro atoms. The second-order valence-corrected chi connectivity index (χ2v) is 4.49. The number of ether oxygens (including phenoxy) is 1. The normalized spacial score (nSPS) is 25.1. The number of rotatable bonds is 0. The Bertz CT molecular complexity index is 386. The Morgan fingerprint density at radius 1 is 1.36 bits per heavy atom. The molecule has 1 unspecified atom stereocenters. The van der Waals surface area contributed by atoms with Crippen molar-refractivity contribution < 1.29 is 4.74 Å². The zero-order valence-electron chi connectivity index (χ0n) is 8.71. The molecule has 0 amide bonds. The van der Waals surface area contributed by atoms with Crippen LogP contribution in [0.4, 0.5) is 0 Å². The second-order valence-electron chi connectivity index (χ2n) is 4.49. The number of hydrogen-bond acceptors (Lipinski definition) is 2. The van der Waals surface area contributed by atoms with Crippen LogP contribution in [0.2, 0.25) is 0 Å². The molecule has 0 aliphatic carbocycles. The molecule has 1 aromatic carbocycles. The van der Waals surface area contributed by atoms with Gasteiger partial charge in [-0.3, -0.25) is 4.90 Å². The quantitative estimate of drug-likeness (QED) is 0.619. The molecule has 0 saturated carbocycles.